The van der Waals surface area contributed by atoms with Crippen molar-refractivity contribution in [3.05, 3.63) is 35.4 Å². The van der Waals surface area contributed by atoms with Gasteiger partial charge in [-0.3, -0.25) is 4.79 Å². The van der Waals surface area contributed by atoms with Gasteiger partial charge in [0.2, 0.25) is 0 Å². The second-order valence-corrected chi connectivity index (χ2v) is 4.42. The summed E-state index contributed by atoms with van der Waals surface area (Å²) in [6.07, 6.45) is 0.871. The molecule has 104 valence electrons. The Labute approximate surface area is 113 Å². The number of benzene rings is 1. The summed E-state index contributed by atoms with van der Waals surface area (Å²) in [6, 6.07) is 7.09. The number of urea groups is 1. The molecule has 0 spiro atoms. The summed E-state index contributed by atoms with van der Waals surface area (Å²) in [4.78, 5) is 24.1. The lowest BCUT2D eigenvalue weighted by molar-refractivity contribution is -0.136. The molecular formula is C14H20N2O3. The number of aliphatic carboxylic acids is 1. The molecule has 1 rings (SSSR count). The normalized spacial score (nSPS) is 10.0. The number of rotatable bonds is 6. The van der Waals surface area contributed by atoms with Gasteiger partial charge in [-0.15, -0.1) is 0 Å². The third-order valence-corrected chi connectivity index (χ3v) is 2.80. The lowest BCUT2D eigenvalue weighted by Gasteiger charge is -2.17. The van der Waals surface area contributed by atoms with Crippen molar-refractivity contribution in [2.45, 2.75) is 26.3 Å². The molecule has 2 amide bonds. The van der Waals surface area contributed by atoms with Gasteiger partial charge in [0, 0.05) is 20.1 Å². The van der Waals surface area contributed by atoms with Crippen LogP contribution in [0.15, 0.2) is 24.3 Å². The molecule has 1 aromatic rings. The van der Waals surface area contributed by atoms with Crippen LogP contribution in [-0.4, -0.2) is 35.6 Å². The van der Waals surface area contributed by atoms with E-state index in [1.54, 1.807) is 24.1 Å². The monoisotopic (exact) mass is 264 g/mol. The topological polar surface area (TPSA) is 69.6 Å². The van der Waals surface area contributed by atoms with Crippen LogP contribution in [0.1, 0.15) is 24.5 Å². The summed E-state index contributed by atoms with van der Waals surface area (Å²) < 4.78 is 0. The average Bonchev–Trinajstić information content (AvgIpc) is 2.37. The van der Waals surface area contributed by atoms with Gasteiger partial charge in [0.1, 0.15) is 0 Å². The van der Waals surface area contributed by atoms with E-state index in [0.29, 0.717) is 13.1 Å². The predicted molar refractivity (Wildman–Crippen MR) is 72.9 cm³/mol. The van der Waals surface area contributed by atoms with E-state index in [0.717, 1.165) is 17.5 Å². The number of nitrogens with one attached hydrogen (secondary N) is 1. The van der Waals surface area contributed by atoms with Gasteiger partial charge in [-0.05, 0) is 17.5 Å². The molecule has 0 aliphatic carbocycles. The van der Waals surface area contributed by atoms with Crippen LogP contribution in [0.25, 0.3) is 0 Å². The Bertz CT molecular complexity index is 446. The molecule has 2 N–H and O–H groups in total. The third kappa shape index (κ3) is 4.99. The maximum absolute atomic E-state index is 11.7. The van der Waals surface area contributed by atoms with Gasteiger partial charge in [-0.1, -0.05) is 31.2 Å². The van der Waals surface area contributed by atoms with Crippen molar-refractivity contribution in [1.29, 1.82) is 0 Å². The first-order valence-electron chi connectivity index (χ1n) is 6.32. The molecule has 0 aromatic heterocycles. The molecule has 0 aliphatic rings. The predicted octanol–water partition coefficient (Wildman–Crippen LogP) is 1.87. The molecule has 0 unspecified atom stereocenters. The van der Waals surface area contributed by atoms with Gasteiger partial charge in [0.25, 0.3) is 0 Å². The number of hydrogen-bond donors (Lipinski definition) is 2. The lowest BCUT2D eigenvalue weighted by Crippen LogP contribution is -2.37. The first kappa shape index (κ1) is 15.0. The standard InChI is InChI=1S/C14H20N2O3/c1-3-8-16(2)14(19)15-10-12-7-5-4-6-11(12)9-13(17)18/h4-7H,3,8-10H2,1-2H3,(H,15,19)(H,17,18). The Hall–Kier alpha value is -2.04. The van der Waals surface area contributed by atoms with Crippen molar-refractivity contribution < 1.29 is 14.7 Å². The average molecular weight is 264 g/mol. The highest BCUT2D eigenvalue weighted by Crippen LogP contribution is 2.09. The summed E-state index contributed by atoms with van der Waals surface area (Å²) in [5.41, 5.74) is 1.57. The van der Waals surface area contributed by atoms with Crippen LogP contribution >= 0.6 is 0 Å². The minimum atomic E-state index is -0.873. The van der Waals surface area contributed by atoms with E-state index in [9.17, 15) is 9.59 Å². The summed E-state index contributed by atoms with van der Waals surface area (Å²) >= 11 is 0. The van der Waals surface area contributed by atoms with E-state index in [4.69, 9.17) is 5.11 Å². The van der Waals surface area contributed by atoms with Gasteiger partial charge in [0.05, 0.1) is 6.42 Å². The number of nitrogens with zero attached hydrogens (tertiary/aromatic N) is 1. The van der Waals surface area contributed by atoms with Gasteiger partial charge >= 0.3 is 12.0 Å². The highest BCUT2D eigenvalue weighted by molar-refractivity contribution is 5.74. The first-order chi connectivity index (χ1) is 9.04. The van der Waals surface area contributed by atoms with E-state index in [2.05, 4.69) is 5.32 Å². The van der Waals surface area contributed by atoms with Gasteiger partial charge < -0.3 is 15.3 Å². The zero-order valence-electron chi connectivity index (χ0n) is 11.3. The molecule has 0 atom stereocenters. The van der Waals surface area contributed by atoms with Gasteiger partial charge in [0.15, 0.2) is 0 Å². The fourth-order valence-electron chi connectivity index (χ4n) is 1.81. The summed E-state index contributed by atoms with van der Waals surface area (Å²) in [5, 5.41) is 11.6. The van der Waals surface area contributed by atoms with Crippen LogP contribution in [0, 0.1) is 0 Å². The smallest absolute Gasteiger partial charge is 0.317 e. The van der Waals surface area contributed by atoms with Crippen LogP contribution in [0.4, 0.5) is 4.79 Å². The van der Waals surface area contributed by atoms with Crippen molar-refractivity contribution in [2.24, 2.45) is 0 Å². The summed E-state index contributed by atoms with van der Waals surface area (Å²) in [7, 11) is 1.74. The fraction of sp³-hybridized carbons (Fsp3) is 0.429. The van der Waals surface area contributed by atoms with Crippen molar-refractivity contribution in [3.8, 4) is 0 Å². The molecule has 0 saturated carbocycles. The number of carbonyl (C=O) groups is 2. The molecule has 19 heavy (non-hydrogen) atoms. The molecular weight excluding hydrogens is 244 g/mol. The maximum atomic E-state index is 11.7. The molecule has 5 heteroatoms. The zero-order chi connectivity index (χ0) is 14.3. The van der Waals surface area contributed by atoms with Crippen LogP contribution in [-0.2, 0) is 17.8 Å². The molecule has 0 bridgehead atoms. The zero-order valence-corrected chi connectivity index (χ0v) is 11.3. The fourth-order valence-corrected chi connectivity index (χ4v) is 1.81. The van der Waals surface area contributed by atoms with Gasteiger partial charge in [-0.2, -0.15) is 0 Å². The molecule has 0 radical (unpaired) electrons. The van der Waals surface area contributed by atoms with Crippen molar-refractivity contribution in [1.82, 2.24) is 10.2 Å². The third-order valence-electron chi connectivity index (χ3n) is 2.80. The molecule has 0 fully saturated rings. The number of carbonyl (C=O) groups excluding carboxylic acids is 1. The molecule has 1 aromatic carbocycles. The quantitative estimate of drug-likeness (QED) is 0.824. The van der Waals surface area contributed by atoms with Crippen molar-refractivity contribution >= 4 is 12.0 Å². The van der Waals surface area contributed by atoms with E-state index in [1.807, 2.05) is 19.1 Å². The van der Waals surface area contributed by atoms with E-state index in [1.165, 1.54) is 0 Å². The van der Waals surface area contributed by atoms with Crippen LogP contribution in [0.5, 0.6) is 0 Å². The first-order valence-corrected chi connectivity index (χ1v) is 6.32. The number of carboxylic acids is 1. The number of amides is 2. The highest BCUT2D eigenvalue weighted by Gasteiger charge is 2.09. The van der Waals surface area contributed by atoms with Crippen LogP contribution in [0.3, 0.4) is 0 Å². The van der Waals surface area contributed by atoms with E-state index in [-0.39, 0.29) is 12.5 Å². The SMILES string of the molecule is CCCN(C)C(=O)NCc1ccccc1CC(=O)O. The largest absolute Gasteiger partial charge is 0.481 e. The molecule has 0 heterocycles. The van der Waals surface area contributed by atoms with E-state index >= 15 is 0 Å². The minimum Gasteiger partial charge on any atom is -0.481 e. The Kier molecular flexibility index (Phi) is 5.85. The highest BCUT2D eigenvalue weighted by atomic mass is 16.4. The van der Waals surface area contributed by atoms with Gasteiger partial charge in [-0.25, -0.2) is 4.79 Å². The summed E-state index contributed by atoms with van der Waals surface area (Å²) in [5.74, 6) is -0.873. The molecule has 5 nitrogen and oxygen atoms in total. The number of carboxylic acid groups (broad SMARTS) is 1. The molecule has 0 saturated heterocycles. The van der Waals surface area contributed by atoms with Crippen LogP contribution < -0.4 is 5.32 Å². The molecule has 0 aliphatic heterocycles. The Morgan fingerprint density at radius 2 is 1.89 bits per heavy atom. The number of hydrogen-bond acceptors (Lipinski definition) is 2. The maximum Gasteiger partial charge on any atom is 0.317 e. The van der Waals surface area contributed by atoms with Crippen LogP contribution in [0.2, 0.25) is 0 Å². The lowest BCUT2D eigenvalue weighted by atomic mass is 10.0. The summed E-state index contributed by atoms with van der Waals surface area (Å²) in [6.45, 7) is 3.05. The second-order valence-electron chi connectivity index (χ2n) is 4.42. The Morgan fingerprint density at radius 1 is 1.26 bits per heavy atom. The minimum absolute atomic E-state index is 0.0309. The van der Waals surface area contributed by atoms with Crippen molar-refractivity contribution in [2.75, 3.05) is 13.6 Å². The Morgan fingerprint density at radius 3 is 2.47 bits per heavy atom. The second kappa shape index (κ2) is 7.41. The Balaban J connectivity index is 2.62. The van der Waals surface area contributed by atoms with E-state index < -0.39 is 5.97 Å². The van der Waals surface area contributed by atoms with Crippen molar-refractivity contribution in [3.63, 3.8) is 0 Å².